The van der Waals surface area contributed by atoms with Crippen LogP contribution in [0.25, 0.3) is 0 Å². The highest BCUT2D eigenvalue weighted by Crippen LogP contribution is 2.48. The second-order valence-electron chi connectivity index (χ2n) is 10.8. The molecule has 1 aromatic carbocycles. The molecule has 0 amide bonds. The first-order chi connectivity index (χ1) is 18.1. The van der Waals surface area contributed by atoms with Gasteiger partial charge in [0.15, 0.2) is 0 Å². The summed E-state index contributed by atoms with van der Waals surface area (Å²) in [6.07, 6.45) is -14.7. The summed E-state index contributed by atoms with van der Waals surface area (Å²) in [5.41, 5.74) is -6.91. The van der Waals surface area contributed by atoms with Gasteiger partial charge >= 0.3 is 18.3 Å². The first-order valence-corrected chi connectivity index (χ1v) is 13.8. The molecule has 40 heavy (non-hydrogen) atoms. The first-order valence-electron chi connectivity index (χ1n) is 12.3. The zero-order valence-electron chi connectivity index (χ0n) is 21.4. The quantitative estimate of drug-likeness (QED) is 0.348. The van der Waals surface area contributed by atoms with Gasteiger partial charge < -0.3 is 14.7 Å². The van der Waals surface area contributed by atoms with E-state index < -0.39 is 118 Å². The lowest BCUT2D eigenvalue weighted by Crippen LogP contribution is -2.44. The van der Waals surface area contributed by atoms with E-state index in [0.29, 0.717) is 12.1 Å². The molecule has 0 unspecified atom stereocenters. The maximum Gasteiger partial charge on any atom is 0.420 e. The lowest BCUT2D eigenvalue weighted by atomic mass is 9.89. The molecular formula is C24H28F9NO5S. The molecule has 6 nitrogen and oxygen atoms in total. The van der Waals surface area contributed by atoms with Crippen molar-refractivity contribution in [2.75, 3.05) is 18.1 Å². The Morgan fingerprint density at radius 1 is 1.10 bits per heavy atom. The molecule has 1 fully saturated rings. The summed E-state index contributed by atoms with van der Waals surface area (Å²) < 4.78 is 156. The van der Waals surface area contributed by atoms with E-state index in [2.05, 4.69) is 0 Å². The summed E-state index contributed by atoms with van der Waals surface area (Å²) in [6, 6.07) is -0.276. The largest absolute Gasteiger partial charge is 0.492 e. The van der Waals surface area contributed by atoms with Gasteiger partial charge in [-0.1, -0.05) is 0 Å². The molecule has 1 aromatic rings. The third kappa shape index (κ3) is 7.08. The Morgan fingerprint density at radius 3 is 2.17 bits per heavy atom. The summed E-state index contributed by atoms with van der Waals surface area (Å²) in [5, 5.41) is 9.26. The molecule has 16 heteroatoms. The number of rotatable bonds is 7. The van der Waals surface area contributed by atoms with Crippen LogP contribution in [0.5, 0.6) is 5.75 Å². The molecule has 0 radical (unpaired) electrons. The average Bonchev–Trinajstić information content (AvgIpc) is 2.88. The highest BCUT2D eigenvalue weighted by atomic mass is 32.2. The van der Waals surface area contributed by atoms with E-state index in [1.165, 1.54) is 0 Å². The Hall–Kier alpha value is -2.39. The Kier molecular flexibility index (Phi) is 8.66. The fourth-order valence-electron chi connectivity index (χ4n) is 4.73. The zero-order chi connectivity index (χ0) is 30.5. The third-order valence-corrected chi connectivity index (χ3v) is 9.09. The topological polar surface area (TPSA) is 83.9 Å². The summed E-state index contributed by atoms with van der Waals surface area (Å²) in [7, 11) is -5.21. The number of aliphatic carboxylic acids is 1. The number of benzene rings is 1. The van der Waals surface area contributed by atoms with Gasteiger partial charge in [0, 0.05) is 43.8 Å². The Morgan fingerprint density at radius 2 is 1.68 bits per heavy atom. The predicted molar refractivity (Wildman–Crippen MR) is 124 cm³/mol. The number of carboxylic acid groups (broad SMARTS) is 1. The number of hydrogen-bond donors (Lipinski definition) is 1. The van der Waals surface area contributed by atoms with Crippen LogP contribution in [0.15, 0.2) is 17.0 Å². The number of nitrogens with zero attached hydrogens (tertiary/aromatic N) is 1. The number of alkyl halides is 9. The number of carbonyl (C=O) groups is 1. The van der Waals surface area contributed by atoms with Crippen molar-refractivity contribution in [3.05, 3.63) is 17.7 Å². The highest BCUT2D eigenvalue weighted by Gasteiger charge is 2.48. The molecule has 0 aromatic heterocycles. The van der Waals surface area contributed by atoms with E-state index in [0.717, 1.165) is 18.7 Å². The maximum absolute atomic E-state index is 15.5. The number of sulfone groups is 1. The van der Waals surface area contributed by atoms with Crippen molar-refractivity contribution in [1.82, 2.24) is 0 Å². The Balaban J connectivity index is 2.19. The van der Waals surface area contributed by atoms with Gasteiger partial charge in [0.1, 0.15) is 12.4 Å². The normalized spacial score (nSPS) is 23.8. The fourth-order valence-corrected chi connectivity index (χ4v) is 6.44. The van der Waals surface area contributed by atoms with Gasteiger partial charge in [0.05, 0.1) is 21.6 Å². The number of carboxylic acids is 1. The molecule has 1 saturated carbocycles. The summed E-state index contributed by atoms with van der Waals surface area (Å²) in [6.45, 7) is 0.653. The lowest BCUT2D eigenvalue weighted by Gasteiger charge is -2.39. The third-order valence-electron chi connectivity index (χ3n) is 7.17. The SMILES string of the molecule is CC(C)(COc1cc2c(cc1C(F)(F)F)N(C1CCC(F)(F)CC1)C[C@@H](CCC(F)(F)F)[C@@H](F)S2(=O)=O)C(=O)O. The van der Waals surface area contributed by atoms with Gasteiger partial charge in [0.25, 0.3) is 0 Å². The minimum Gasteiger partial charge on any atom is -0.492 e. The van der Waals surface area contributed by atoms with E-state index in [-0.39, 0.29) is 12.8 Å². The van der Waals surface area contributed by atoms with Crippen LogP contribution in [0, 0.1) is 11.3 Å². The van der Waals surface area contributed by atoms with E-state index in [4.69, 9.17) is 4.74 Å². The van der Waals surface area contributed by atoms with Crippen LogP contribution in [-0.2, 0) is 20.8 Å². The molecule has 228 valence electrons. The van der Waals surface area contributed by atoms with Crippen LogP contribution in [0.3, 0.4) is 0 Å². The van der Waals surface area contributed by atoms with Gasteiger partial charge in [-0.25, -0.2) is 21.6 Å². The number of halogens is 9. The fraction of sp³-hybridized carbons (Fsp3) is 0.708. The molecule has 3 rings (SSSR count). The molecule has 0 spiro atoms. The van der Waals surface area contributed by atoms with E-state index >= 15 is 4.39 Å². The molecule has 1 aliphatic carbocycles. The second kappa shape index (κ2) is 10.8. The van der Waals surface area contributed by atoms with Crippen molar-refractivity contribution in [2.24, 2.45) is 11.3 Å². The molecule has 1 heterocycles. The van der Waals surface area contributed by atoms with Crippen molar-refractivity contribution in [1.29, 1.82) is 0 Å². The average molecular weight is 614 g/mol. The number of anilines is 1. The van der Waals surface area contributed by atoms with Crippen LogP contribution in [0.1, 0.15) is 57.9 Å². The number of ether oxygens (including phenoxy) is 1. The van der Waals surface area contributed by atoms with Crippen molar-refractivity contribution in [3.63, 3.8) is 0 Å². The minimum absolute atomic E-state index is 0.332. The second-order valence-corrected chi connectivity index (χ2v) is 12.8. The highest BCUT2D eigenvalue weighted by molar-refractivity contribution is 7.92. The van der Waals surface area contributed by atoms with Crippen LogP contribution in [-0.4, -0.2) is 56.3 Å². The molecule has 2 aliphatic rings. The van der Waals surface area contributed by atoms with Gasteiger partial charge in [-0.3, -0.25) is 4.79 Å². The van der Waals surface area contributed by atoms with Crippen molar-refractivity contribution in [3.8, 4) is 5.75 Å². The van der Waals surface area contributed by atoms with Crippen molar-refractivity contribution >= 4 is 21.5 Å². The number of fused-ring (bicyclic) bond motifs is 1. The van der Waals surface area contributed by atoms with Crippen LogP contribution in [0.2, 0.25) is 0 Å². The zero-order valence-corrected chi connectivity index (χ0v) is 22.2. The molecule has 1 N–H and O–H groups in total. The predicted octanol–water partition coefficient (Wildman–Crippen LogP) is 6.62. The Bertz CT molecular complexity index is 1200. The van der Waals surface area contributed by atoms with Gasteiger partial charge in [0.2, 0.25) is 21.3 Å². The van der Waals surface area contributed by atoms with Crippen LogP contribution < -0.4 is 9.64 Å². The van der Waals surface area contributed by atoms with Crippen LogP contribution in [0.4, 0.5) is 45.2 Å². The smallest absolute Gasteiger partial charge is 0.420 e. The van der Waals surface area contributed by atoms with Gasteiger partial charge in [-0.15, -0.1) is 0 Å². The number of hydrogen-bond acceptors (Lipinski definition) is 5. The summed E-state index contributed by atoms with van der Waals surface area (Å²) in [4.78, 5) is 11.4. The maximum atomic E-state index is 15.5. The monoisotopic (exact) mass is 613 g/mol. The van der Waals surface area contributed by atoms with Gasteiger partial charge in [-0.2, -0.15) is 26.3 Å². The first kappa shape index (κ1) is 32.1. The molecular weight excluding hydrogens is 585 g/mol. The minimum atomic E-state index is -5.21. The molecule has 1 aliphatic heterocycles. The molecule has 0 saturated heterocycles. The van der Waals surface area contributed by atoms with E-state index in [1.54, 1.807) is 0 Å². The van der Waals surface area contributed by atoms with Crippen molar-refractivity contribution < 1.29 is 62.6 Å². The summed E-state index contributed by atoms with van der Waals surface area (Å²) in [5.74, 6) is -7.51. The summed E-state index contributed by atoms with van der Waals surface area (Å²) >= 11 is 0. The van der Waals surface area contributed by atoms with E-state index in [9.17, 15) is 53.4 Å². The Labute approximate surface area is 224 Å². The van der Waals surface area contributed by atoms with Crippen molar-refractivity contribution in [2.45, 2.75) is 87.1 Å². The lowest BCUT2D eigenvalue weighted by molar-refractivity contribution is -0.148. The standard InChI is InChI=1S/C24H28F9NO5S/c1-21(2,20(35)36)12-39-17-10-18-16(9-15(17)24(31,32)33)34(14-4-6-22(26,27)7-5-14)11-13(3-8-23(28,29)30)19(25)40(18,37)38/h9-10,13-14,19H,3-8,11-12H2,1-2H3,(H,35,36)/t13-,19+/m1/s1. The molecule has 0 bridgehead atoms. The molecule has 2 atom stereocenters. The van der Waals surface area contributed by atoms with Crippen LogP contribution >= 0.6 is 0 Å². The van der Waals surface area contributed by atoms with E-state index in [1.807, 2.05) is 0 Å². The van der Waals surface area contributed by atoms with Gasteiger partial charge in [-0.05, 0) is 39.2 Å².